The summed E-state index contributed by atoms with van der Waals surface area (Å²) in [7, 11) is 0. The number of nitrogens with one attached hydrogen (secondary N) is 1. The Morgan fingerprint density at radius 3 is 2.74 bits per heavy atom. The molecule has 1 unspecified atom stereocenters. The summed E-state index contributed by atoms with van der Waals surface area (Å²) >= 11 is 6.25. The molecule has 2 aromatic rings. The van der Waals surface area contributed by atoms with Crippen molar-refractivity contribution >= 4 is 11.6 Å². The number of nitrogens with zero attached hydrogens (tertiary/aromatic N) is 2. The van der Waals surface area contributed by atoms with E-state index >= 15 is 0 Å². The third-order valence-corrected chi connectivity index (χ3v) is 3.60. The number of benzene rings is 1. The number of rotatable bonds is 4. The summed E-state index contributed by atoms with van der Waals surface area (Å²) in [4.78, 5) is 0. The van der Waals surface area contributed by atoms with Crippen molar-refractivity contribution in [3.63, 3.8) is 0 Å². The van der Waals surface area contributed by atoms with Crippen LogP contribution in [0.3, 0.4) is 0 Å². The van der Waals surface area contributed by atoms with Crippen molar-refractivity contribution < 1.29 is 0 Å². The Labute approximate surface area is 118 Å². The topological polar surface area (TPSA) is 55.9 Å². The lowest BCUT2D eigenvalue weighted by molar-refractivity contribution is 0.542. The van der Waals surface area contributed by atoms with Crippen LogP contribution < -0.4 is 11.3 Å². The van der Waals surface area contributed by atoms with Crippen molar-refractivity contribution in [1.82, 2.24) is 15.2 Å². The van der Waals surface area contributed by atoms with E-state index in [0.29, 0.717) is 5.02 Å². The standard InChI is InChI=1S/C14H19ClN4/c1-4-19-14(12(15)8-17-19)13(18-16)11-6-5-9(2)7-10(11)3/h5-8,13,18H,4,16H2,1-3H3. The fourth-order valence-corrected chi connectivity index (χ4v) is 2.63. The van der Waals surface area contributed by atoms with E-state index in [0.717, 1.165) is 17.8 Å². The van der Waals surface area contributed by atoms with Gasteiger partial charge in [0, 0.05) is 6.54 Å². The SMILES string of the molecule is CCn1ncc(Cl)c1C(NN)c1ccc(C)cc1C. The third-order valence-electron chi connectivity index (χ3n) is 3.31. The third kappa shape index (κ3) is 2.66. The summed E-state index contributed by atoms with van der Waals surface area (Å²) in [5, 5.41) is 4.89. The molecule has 0 radical (unpaired) electrons. The van der Waals surface area contributed by atoms with Crippen LogP contribution in [0.1, 0.15) is 35.3 Å². The van der Waals surface area contributed by atoms with Crippen molar-refractivity contribution in [3.8, 4) is 0 Å². The molecule has 1 aromatic heterocycles. The number of halogens is 1. The second-order valence-corrected chi connectivity index (χ2v) is 5.06. The van der Waals surface area contributed by atoms with Crippen LogP contribution in [0.15, 0.2) is 24.4 Å². The molecule has 0 saturated carbocycles. The van der Waals surface area contributed by atoms with Gasteiger partial charge in [0.15, 0.2) is 0 Å². The van der Waals surface area contributed by atoms with E-state index in [1.165, 1.54) is 11.1 Å². The first-order chi connectivity index (χ1) is 9.08. The maximum atomic E-state index is 6.25. The highest BCUT2D eigenvalue weighted by atomic mass is 35.5. The van der Waals surface area contributed by atoms with Gasteiger partial charge in [-0.15, -0.1) is 0 Å². The Kier molecular flexibility index (Phi) is 4.24. The molecule has 0 saturated heterocycles. The lowest BCUT2D eigenvalue weighted by Gasteiger charge is -2.20. The van der Waals surface area contributed by atoms with Crippen molar-refractivity contribution in [2.45, 2.75) is 33.4 Å². The molecule has 1 aromatic carbocycles. The minimum atomic E-state index is -0.157. The molecule has 3 N–H and O–H groups in total. The molecule has 0 aliphatic rings. The van der Waals surface area contributed by atoms with Gasteiger partial charge in [0.05, 0.1) is 23.0 Å². The fourth-order valence-electron chi connectivity index (χ4n) is 2.38. The number of aromatic nitrogens is 2. The van der Waals surface area contributed by atoms with Crippen molar-refractivity contribution in [2.24, 2.45) is 5.84 Å². The van der Waals surface area contributed by atoms with E-state index in [2.05, 4.69) is 42.6 Å². The summed E-state index contributed by atoms with van der Waals surface area (Å²) in [6.07, 6.45) is 1.66. The number of hydrogen-bond donors (Lipinski definition) is 2. The molecule has 1 atom stereocenters. The summed E-state index contributed by atoms with van der Waals surface area (Å²) in [5.74, 6) is 5.75. The molecule has 0 spiro atoms. The van der Waals surface area contributed by atoms with E-state index in [1.807, 2.05) is 11.6 Å². The van der Waals surface area contributed by atoms with E-state index < -0.39 is 0 Å². The Balaban J connectivity index is 2.52. The van der Waals surface area contributed by atoms with Crippen molar-refractivity contribution in [3.05, 3.63) is 51.8 Å². The average Bonchev–Trinajstić information content (AvgIpc) is 2.74. The Bertz CT molecular complexity index is 577. The first-order valence-electron chi connectivity index (χ1n) is 6.33. The van der Waals surface area contributed by atoms with Crippen LogP contribution in [0.2, 0.25) is 5.02 Å². The first kappa shape index (κ1) is 14.1. The van der Waals surface area contributed by atoms with Crippen LogP contribution in [-0.4, -0.2) is 9.78 Å². The zero-order valence-electron chi connectivity index (χ0n) is 11.4. The lowest BCUT2D eigenvalue weighted by Crippen LogP contribution is -2.31. The molecule has 0 fully saturated rings. The predicted molar refractivity (Wildman–Crippen MR) is 78.0 cm³/mol. The number of hydrazine groups is 1. The van der Waals surface area contributed by atoms with Gasteiger partial charge in [0.25, 0.3) is 0 Å². The highest BCUT2D eigenvalue weighted by molar-refractivity contribution is 6.31. The van der Waals surface area contributed by atoms with Gasteiger partial charge in [-0.1, -0.05) is 35.4 Å². The highest BCUT2D eigenvalue weighted by Gasteiger charge is 2.22. The predicted octanol–water partition coefficient (Wildman–Crippen LogP) is 2.73. The normalized spacial score (nSPS) is 12.7. The van der Waals surface area contributed by atoms with Crippen LogP contribution in [-0.2, 0) is 6.54 Å². The Morgan fingerprint density at radius 1 is 1.42 bits per heavy atom. The molecule has 102 valence electrons. The van der Waals surface area contributed by atoms with Gasteiger partial charge >= 0.3 is 0 Å². The van der Waals surface area contributed by atoms with Gasteiger partial charge in [-0.25, -0.2) is 5.43 Å². The molecule has 0 aliphatic heterocycles. The second kappa shape index (κ2) is 5.74. The van der Waals surface area contributed by atoms with Crippen molar-refractivity contribution in [2.75, 3.05) is 0 Å². The van der Waals surface area contributed by atoms with E-state index in [4.69, 9.17) is 17.4 Å². The van der Waals surface area contributed by atoms with Gasteiger partial charge in [0.1, 0.15) is 0 Å². The monoisotopic (exact) mass is 278 g/mol. The van der Waals surface area contributed by atoms with Gasteiger partial charge < -0.3 is 0 Å². The van der Waals surface area contributed by atoms with Crippen LogP contribution in [0.5, 0.6) is 0 Å². The van der Waals surface area contributed by atoms with Crippen LogP contribution in [0.4, 0.5) is 0 Å². The fraction of sp³-hybridized carbons (Fsp3) is 0.357. The smallest absolute Gasteiger partial charge is 0.0896 e. The van der Waals surface area contributed by atoms with Gasteiger partial charge in [-0.3, -0.25) is 10.5 Å². The molecular weight excluding hydrogens is 260 g/mol. The van der Waals surface area contributed by atoms with Crippen molar-refractivity contribution in [1.29, 1.82) is 0 Å². The summed E-state index contributed by atoms with van der Waals surface area (Å²) in [6, 6.07) is 6.14. The second-order valence-electron chi connectivity index (χ2n) is 4.65. The molecule has 0 bridgehead atoms. The quantitative estimate of drug-likeness (QED) is 0.668. The number of aryl methyl sites for hydroxylation is 3. The molecule has 4 nitrogen and oxygen atoms in total. The molecule has 19 heavy (non-hydrogen) atoms. The average molecular weight is 279 g/mol. The van der Waals surface area contributed by atoms with E-state index in [9.17, 15) is 0 Å². The Morgan fingerprint density at radius 2 is 2.16 bits per heavy atom. The molecule has 0 aliphatic carbocycles. The maximum absolute atomic E-state index is 6.25. The zero-order valence-corrected chi connectivity index (χ0v) is 12.2. The van der Waals surface area contributed by atoms with Crippen LogP contribution in [0.25, 0.3) is 0 Å². The molecule has 0 amide bonds. The zero-order chi connectivity index (χ0) is 14.0. The highest BCUT2D eigenvalue weighted by Crippen LogP contribution is 2.29. The molecular formula is C14H19ClN4. The van der Waals surface area contributed by atoms with Crippen LogP contribution >= 0.6 is 11.6 Å². The van der Waals surface area contributed by atoms with Crippen LogP contribution in [0, 0.1) is 13.8 Å². The molecule has 1 heterocycles. The maximum Gasteiger partial charge on any atom is 0.0896 e. The minimum Gasteiger partial charge on any atom is -0.271 e. The minimum absolute atomic E-state index is 0.157. The number of nitrogens with two attached hydrogens (primary N) is 1. The lowest BCUT2D eigenvalue weighted by atomic mass is 9.97. The summed E-state index contributed by atoms with van der Waals surface area (Å²) in [5.41, 5.74) is 7.28. The molecule has 2 rings (SSSR count). The van der Waals surface area contributed by atoms with Gasteiger partial charge in [-0.05, 0) is 31.9 Å². The number of hydrogen-bond acceptors (Lipinski definition) is 3. The summed E-state index contributed by atoms with van der Waals surface area (Å²) < 4.78 is 1.87. The van der Waals surface area contributed by atoms with Gasteiger partial charge in [0.2, 0.25) is 0 Å². The van der Waals surface area contributed by atoms with Gasteiger partial charge in [-0.2, -0.15) is 5.10 Å². The first-order valence-corrected chi connectivity index (χ1v) is 6.70. The van der Waals surface area contributed by atoms with E-state index in [1.54, 1.807) is 6.20 Å². The largest absolute Gasteiger partial charge is 0.271 e. The van der Waals surface area contributed by atoms with E-state index in [-0.39, 0.29) is 6.04 Å². The Hall–Kier alpha value is -1.36. The summed E-state index contributed by atoms with van der Waals surface area (Å²) in [6.45, 7) is 6.94. The molecule has 5 heteroatoms.